The third-order valence-electron chi connectivity index (χ3n) is 5.54. The molecule has 0 atom stereocenters. The third-order valence-corrected chi connectivity index (χ3v) is 5.54. The van der Waals surface area contributed by atoms with Crippen molar-refractivity contribution in [1.29, 1.82) is 0 Å². The second-order valence-corrected chi connectivity index (χ2v) is 7.55. The van der Waals surface area contributed by atoms with Gasteiger partial charge in [-0.2, -0.15) is 5.10 Å². The third kappa shape index (κ3) is 4.15. The molecule has 0 bridgehead atoms. The second kappa shape index (κ2) is 7.86. The van der Waals surface area contributed by atoms with Crippen LogP contribution in [0.1, 0.15) is 48.4 Å². The van der Waals surface area contributed by atoms with Gasteiger partial charge in [0.1, 0.15) is 5.52 Å². The summed E-state index contributed by atoms with van der Waals surface area (Å²) in [6, 6.07) is 8.15. The van der Waals surface area contributed by atoms with Gasteiger partial charge in [-0.1, -0.05) is 29.8 Å². The number of aromatic nitrogens is 4. The first-order valence-corrected chi connectivity index (χ1v) is 9.66. The molecule has 0 radical (unpaired) electrons. The number of fused-ring (bicyclic) bond motifs is 1. The van der Waals surface area contributed by atoms with Gasteiger partial charge in [-0.05, 0) is 44.1 Å². The zero-order chi connectivity index (χ0) is 18.6. The average Bonchev–Trinajstić information content (AvgIpc) is 3.13. The number of rotatable bonds is 5. The first kappa shape index (κ1) is 17.6. The van der Waals surface area contributed by atoms with Crippen molar-refractivity contribution in [3.8, 4) is 0 Å². The minimum absolute atomic E-state index is 0.107. The van der Waals surface area contributed by atoms with E-state index in [1.54, 1.807) is 12.4 Å². The monoisotopic (exact) mass is 363 g/mol. The van der Waals surface area contributed by atoms with Crippen LogP contribution in [-0.4, -0.2) is 32.6 Å². The number of nitrogens with one attached hydrogen (secondary N) is 2. The molecule has 2 heterocycles. The van der Waals surface area contributed by atoms with Crippen LogP contribution in [0, 0.1) is 12.8 Å². The first-order chi connectivity index (χ1) is 13.2. The Morgan fingerprint density at radius 2 is 1.85 bits per heavy atom. The van der Waals surface area contributed by atoms with Crippen molar-refractivity contribution >= 4 is 17.1 Å². The number of amides is 1. The molecule has 27 heavy (non-hydrogen) atoms. The molecule has 2 aromatic heterocycles. The number of carbonyl (C=O) groups is 1. The highest BCUT2D eigenvalue weighted by Crippen LogP contribution is 2.36. The Kier molecular flexibility index (Phi) is 5.14. The van der Waals surface area contributed by atoms with Crippen molar-refractivity contribution in [2.24, 2.45) is 5.92 Å². The van der Waals surface area contributed by atoms with E-state index in [0.29, 0.717) is 23.9 Å². The van der Waals surface area contributed by atoms with Gasteiger partial charge >= 0.3 is 0 Å². The minimum atomic E-state index is 0.107. The molecular weight excluding hydrogens is 338 g/mol. The van der Waals surface area contributed by atoms with Crippen molar-refractivity contribution in [3.05, 3.63) is 53.5 Å². The fourth-order valence-electron chi connectivity index (χ4n) is 3.92. The van der Waals surface area contributed by atoms with Gasteiger partial charge in [-0.3, -0.25) is 9.89 Å². The molecule has 1 fully saturated rings. The standard InChI is InChI=1S/C21H25N5O/c1-14-2-4-15(5-3-14)12-18(27)24-13-16-6-8-17(9-7-16)19-20-21(26-25-19)23-11-10-22-20/h2-5,10-11,16-17H,6-9,12-13H2,1H3,(H,24,27)(H,23,25,26). The largest absolute Gasteiger partial charge is 0.356 e. The predicted octanol–water partition coefficient (Wildman–Crippen LogP) is 3.29. The zero-order valence-electron chi connectivity index (χ0n) is 15.6. The Balaban J connectivity index is 1.26. The summed E-state index contributed by atoms with van der Waals surface area (Å²) in [5, 5.41) is 10.5. The van der Waals surface area contributed by atoms with E-state index in [-0.39, 0.29) is 5.91 Å². The topological polar surface area (TPSA) is 83.6 Å². The molecule has 1 aliphatic carbocycles. The van der Waals surface area contributed by atoms with Gasteiger partial charge in [0.05, 0.1) is 12.1 Å². The highest BCUT2D eigenvalue weighted by atomic mass is 16.1. The van der Waals surface area contributed by atoms with Crippen LogP contribution in [0.3, 0.4) is 0 Å². The van der Waals surface area contributed by atoms with E-state index in [1.807, 2.05) is 24.3 Å². The Morgan fingerprint density at radius 1 is 1.11 bits per heavy atom. The lowest BCUT2D eigenvalue weighted by Crippen LogP contribution is -2.32. The predicted molar refractivity (Wildman–Crippen MR) is 104 cm³/mol. The molecule has 1 aliphatic rings. The molecule has 2 N–H and O–H groups in total. The Morgan fingerprint density at radius 3 is 2.63 bits per heavy atom. The van der Waals surface area contributed by atoms with Crippen molar-refractivity contribution in [2.45, 2.75) is 44.9 Å². The van der Waals surface area contributed by atoms with Crippen LogP contribution in [0.2, 0.25) is 0 Å². The molecule has 3 aromatic rings. The van der Waals surface area contributed by atoms with Crippen LogP contribution < -0.4 is 5.32 Å². The van der Waals surface area contributed by atoms with Crippen molar-refractivity contribution in [2.75, 3.05) is 6.54 Å². The number of hydrogen-bond donors (Lipinski definition) is 2. The number of aryl methyl sites for hydroxylation is 1. The highest BCUT2D eigenvalue weighted by molar-refractivity contribution is 5.78. The number of carbonyl (C=O) groups excluding carboxylic acids is 1. The molecular formula is C21H25N5O. The summed E-state index contributed by atoms with van der Waals surface area (Å²) in [6.07, 6.45) is 8.24. The van der Waals surface area contributed by atoms with Gasteiger partial charge in [0.15, 0.2) is 5.65 Å². The molecule has 0 saturated heterocycles. The van der Waals surface area contributed by atoms with Gasteiger partial charge in [0.25, 0.3) is 0 Å². The Hall–Kier alpha value is -2.76. The summed E-state index contributed by atoms with van der Waals surface area (Å²) in [5.41, 5.74) is 4.98. The Labute approximate surface area is 158 Å². The smallest absolute Gasteiger partial charge is 0.224 e. The van der Waals surface area contributed by atoms with Crippen LogP contribution in [-0.2, 0) is 11.2 Å². The maximum atomic E-state index is 12.2. The summed E-state index contributed by atoms with van der Waals surface area (Å²) in [5.74, 6) is 1.10. The number of hydrogen-bond acceptors (Lipinski definition) is 4. The zero-order valence-corrected chi connectivity index (χ0v) is 15.6. The molecule has 6 nitrogen and oxygen atoms in total. The fourth-order valence-corrected chi connectivity index (χ4v) is 3.92. The van der Waals surface area contributed by atoms with Crippen LogP contribution in [0.25, 0.3) is 11.2 Å². The van der Waals surface area contributed by atoms with Gasteiger partial charge in [-0.15, -0.1) is 0 Å². The SMILES string of the molecule is Cc1ccc(CC(=O)NCC2CCC(c3[nH]nc4nccnc34)CC2)cc1. The van der Waals surface area contributed by atoms with Crippen molar-refractivity contribution < 1.29 is 4.79 Å². The van der Waals surface area contributed by atoms with Gasteiger partial charge in [0.2, 0.25) is 5.91 Å². The van der Waals surface area contributed by atoms with E-state index in [2.05, 4.69) is 32.4 Å². The summed E-state index contributed by atoms with van der Waals surface area (Å²) in [6.45, 7) is 2.82. The van der Waals surface area contributed by atoms with Crippen molar-refractivity contribution in [1.82, 2.24) is 25.5 Å². The highest BCUT2D eigenvalue weighted by Gasteiger charge is 2.26. The molecule has 6 heteroatoms. The minimum Gasteiger partial charge on any atom is -0.356 e. The molecule has 0 spiro atoms. The van der Waals surface area contributed by atoms with E-state index in [4.69, 9.17) is 0 Å². The van der Waals surface area contributed by atoms with Crippen LogP contribution in [0.5, 0.6) is 0 Å². The maximum absolute atomic E-state index is 12.2. The number of benzene rings is 1. The van der Waals surface area contributed by atoms with E-state index >= 15 is 0 Å². The lowest BCUT2D eigenvalue weighted by molar-refractivity contribution is -0.120. The lowest BCUT2D eigenvalue weighted by Gasteiger charge is -2.28. The summed E-state index contributed by atoms with van der Waals surface area (Å²) >= 11 is 0. The van der Waals surface area contributed by atoms with Crippen molar-refractivity contribution in [3.63, 3.8) is 0 Å². The molecule has 0 unspecified atom stereocenters. The number of aromatic amines is 1. The summed E-state index contributed by atoms with van der Waals surface area (Å²) in [4.78, 5) is 20.9. The fraction of sp³-hybridized carbons (Fsp3) is 0.429. The quantitative estimate of drug-likeness (QED) is 0.728. The molecule has 1 aromatic carbocycles. The van der Waals surface area contributed by atoms with E-state index < -0.39 is 0 Å². The van der Waals surface area contributed by atoms with Crippen LogP contribution in [0.4, 0.5) is 0 Å². The summed E-state index contributed by atoms with van der Waals surface area (Å²) < 4.78 is 0. The molecule has 140 valence electrons. The van der Waals surface area contributed by atoms with E-state index in [1.165, 1.54) is 5.56 Å². The molecule has 0 aliphatic heterocycles. The van der Waals surface area contributed by atoms with Gasteiger partial charge in [-0.25, -0.2) is 9.97 Å². The molecule has 4 rings (SSSR count). The van der Waals surface area contributed by atoms with Gasteiger partial charge in [0, 0.05) is 24.9 Å². The van der Waals surface area contributed by atoms with Crippen LogP contribution >= 0.6 is 0 Å². The lowest BCUT2D eigenvalue weighted by atomic mass is 9.80. The van der Waals surface area contributed by atoms with E-state index in [9.17, 15) is 4.79 Å². The van der Waals surface area contributed by atoms with E-state index in [0.717, 1.165) is 49.0 Å². The summed E-state index contributed by atoms with van der Waals surface area (Å²) in [7, 11) is 0. The Bertz CT molecular complexity index is 910. The molecule has 1 saturated carbocycles. The number of H-pyrrole nitrogens is 1. The second-order valence-electron chi connectivity index (χ2n) is 7.55. The first-order valence-electron chi connectivity index (χ1n) is 9.66. The maximum Gasteiger partial charge on any atom is 0.224 e. The molecule has 1 amide bonds. The number of nitrogens with zero attached hydrogens (tertiary/aromatic N) is 3. The van der Waals surface area contributed by atoms with Gasteiger partial charge < -0.3 is 5.32 Å². The van der Waals surface area contributed by atoms with Crippen LogP contribution in [0.15, 0.2) is 36.7 Å². The normalized spacial score (nSPS) is 19.9. The average molecular weight is 363 g/mol.